The smallest absolute Gasteiger partial charge is 0.251 e. The van der Waals surface area contributed by atoms with E-state index in [0.717, 1.165) is 32.4 Å². The van der Waals surface area contributed by atoms with Crippen LogP contribution in [0.25, 0.3) is 0 Å². The van der Waals surface area contributed by atoms with E-state index in [-0.39, 0.29) is 22.6 Å². The molecule has 2 fully saturated rings. The van der Waals surface area contributed by atoms with Crippen LogP contribution in [0.1, 0.15) is 36.5 Å². The molecule has 8 heteroatoms. The van der Waals surface area contributed by atoms with E-state index < -0.39 is 10.0 Å². The van der Waals surface area contributed by atoms with E-state index >= 15 is 0 Å². The van der Waals surface area contributed by atoms with Gasteiger partial charge < -0.3 is 15.4 Å². The summed E-state index contributed by atoms with van der Waals surface area (Å²) in [6.45, 7) is 4.84. The fraction of sp³-hybridized carbons (Fsp3) is 0.611. The van der Waals surface area contributed by atoms with Crippen molar-refractivity contribution in [3.05, 3.63) is 23.8 Å². The Balaban J connectivity index is 1.86. The maximum Gasteiger partial charge on any atom is 0.251 e. The molecule has 2 unspecified atom stereocenters. The molecule has 2 aliphatic heterocycles. The number of methoxy groups -OCH3 is 1. The van der Waals surface area contributed by atoms with Crippen molar-refractivity contribution in [2.75, 3.05) is 33.3 Å². The highest BCUT2D eigenvalue weighted by atomic mass is 32.2. The molecular formula is C18H27N3O4S. The van der Waals surface area contributed by atoms with E-state index in [2.05, 4.69) is 17.6 Å². The molecule has 0 saturated carbocycles. The largest absolute Gasteiger partial charge is 0.495 e. The Hall–Kier alpha value is -1.64. The summed E-state index contributed by atoms with van der Waals surface area (Å²) in [5, 5.41) is 6.34. The van der Waals surface area contributed by atoms with E-state index in [1.165, 1.54) is 17.5 Å². The van der Waals surface area contributed by atoms with Gasteiger partial charge in [0, 0.05) is 24.7 Å². The third-order valence-electron chi connectivity index (χ3n) is 5.21. The van der Waals surface area contributed by atoms with Gasteiger partial charge in [-0.1, -0.05) is 6.92 Å². The van der Waals surface area contributed by atoms with Crippen molar-refractivity contribution in [2.24, 2.45) is 5.92 Å². The van der Waals surface area contributed by atoms with Crippen LogP contribution in [0.15, 0.2) is 23.1 Å². The highest BCUT2D eigenvalue weighted by molar-refractivity contribution is 7.89. The Morgan fingerprint density at radius 3 is 2.69 bits per heavy atom. The zero-order valence-electron chi connectivity index (χ0n) is 15.3. The lowest BCUT2D eigenvalue weighted by atomic mass is 9.95. The van der Waals surface area contributed by atoms with Gasteiger partial charge in [0.05, 0.1) is 7.11 Å². The molecule has 2 saturated heterocycles. The first-order valence-electron chi connectivity index (χ1n) is 9.13. The summed E-state index contributed by atoms with van der Waals surface area (Å²) in [5.41, 5.74) is 0.342. The number of benzene rings is 1. The van der Waals surface area contributed by atoms with E-state index in [9.17, 15) is 13.2 Å². The maximum atomic E-state index is 12.9. The Morgan fingerprint density at radius 1 is 1.31 bits per heavy atom. The number of sulfonamides is 1. The molecule has 1 aromatic carbocycles. The van der Waals surface area contributed by atoms with Gasteiger partial charge in [0.1, 0.15) is 10.6 Å². The number of carbonyl (C=O) groups excluding carboxylic acids is 1. The van der Waals surface area contributed by atoms with E-state index in [0.29, 0.717) is 24.6 Å². The second-order valence-electron chi connectivity index (χ2n) is 7.03. The number of piperidine rings is 1. The monoisotopic (exact) mass is 381 g/mol. The van der Waals surface area contributed by atoms with Gasteiger partial charge in [0.2, 0.25) is 10.0 Å². The summed E-state index contributed by atoms with van der Waals surface area (Å²) < 4.78 is 32.6. The second kappa shape index (κ2) is 7.94. The number of hydrogen-bond acceptors (Lipinski definition) is 5. The van der Waals surface area contributed by atoms with Crippen LogP contribution in [0.3, 0.4) is 0 Å². The first-order valence-corrected chi connectivity index (χ1v) is 10.6. The van der Waals surface area contributed by atoms with Crippen molar-refractivity contribution in [3.8, 4) is 5.75 Å². The predicted molar refractivity (Wildman–Crippen MR) is 98.9 cm³/mol. The molecule has 1 aromatic rings. The topological polar surface area (TPSA) is 87.7 Å². The van der Waals surface area contributed by atoms with Crippen molar-refractivity contribution < 1.29 is 17.9 Å². The Morgan fingerprint density at radius 2 is 2.04 bits per heavy atom. The molecule has 7 nitrogen and oxygen atoms in total. The summed E-state index contributed by atoms with van der Waals surface area (Å²) in [4.78, 5) is 12.7. The molecule has 0 bridgehead atoms. The Kier molecular flexibility index (Phi) is 5.84. The maximum absolute atomic E-state index is 12.9. The van der Waals surface area contributed by atoms with E-state index in [1.807, 2.05) is 0 Å². The van der Waals surface area contributed by atoms with Crippen molar-refractivity contribution >= 4 is 15.9 Å². The van der Waals surface area contributed by atoms with Gasteiger partial charge >= 0.3 is 0 Å². The Bertz CT molecular complexity index is 760. The normalized spacial score (nSPS) is 24.4. The minimum Gasteiger partial charge on any atom is -0.495 e. The number of nitrogens with one attached hydrogen (secondary N) is 2. The number of rotatable bonds is 5. The van der Waals surface area contributed by atoms with Crippen molar-refractivity contribution in [1.82, 2.24) is 14.9 Å². The first-order chi connectivity index (χ1) is 12.4. The molecule has 0 radical (unpaired) electrons. The fourth-order valence-electron chi connectivity index (χ4n) is 3.57. The zero-order chi connectivity index (χ0) is 18.7. The highest BCUT2D eigenvalue weighted by Gasteiger charge is 2.31. The molecule has 26 heavy (non-hydrogen) atoms. The second-order valence-corrected chi connectivity index (χ2v) is 8.93. The van der Waals surface area contributed by atoms with Gasteiger partial charge in [-0.3, -0.25) is 4.79 Å². The number of ether oxygens (including phenoxy) is 1. The number of amides is 1. The van der Waals surface area contributed by atoms with Gasteiger partial charge in [-0.05, 0) is 56.5 Å². The SMILES string of the molecule is COc1ccc(C(=O)NC2CCNCC2C)cc1S(=O)(=O)N1CCCC1. The average Bonchev–Trinajstić information content (AvgIpc) is 3.18. The van der Waals surface area contributed by atoms with Gasteiger partial charge in [-0.15, -0.1) is 0 Å². The molecule has 3 rings (SSSR count). The molecule has 0 spiro atoms. The minimum atomic E-state index is -3.66. The summed E-state index contributed by atoms with van der Waals surface area (Å²) >= 11 is 0. The molecule has 2 aliphatic rings. The van der Waals surface area contributed by atoms with Gasteiger partial charge in [-0.25, -0.2) is 8.42 Å². The molecule has 2 N–H and O–H groups in total. The zero-order valence-corrected chi connectivity index (χ0v) is 16.1. The standard InChI is InChI=1S/C18H27N3O4S/c1-13-12-19-8-7-15(13)20-18(22)14-5-6-16(25-2)17(11-14)26(23,24)21-9-3-4-10-21/h5-6,11,13,15,19H,3-4,7-10,12H2,1-2H3,(H,20,22). The lowest BCUT2D eigenvalue weighted by Crippen LogP contribution is -2.48. The number of carbonyl (C=O) groups is 1. The quantitative estimate of drug-likeness (QED) is 0.800. The number of hydrogen-bond donors (Lipinski definition) is 2. The van der Waals surface area contributed by atoms with Crippen LogP contribution in [0, 0.1) is 5.92 Å². The van der Waals surface area contributed by atoms with Crippen molar-refractivity contribution in [2.45, 2.75) is 37.1 Å². The summed E-state index contributed by atoms with van der Waals surface area (Å²) in [6.07, 6.45) is 2.58. The molecular weight excluding hydrogens is 354 g/mol. The summed E-state index contributed by atoms with van der Waals surface area (Å²) in [5.74, 6) is 0.353. The van der Waals surface area contributed by atoms with Crippen LogP contribution in [-0.4, -0.2) is 58.0 Å². The Labute approximate surface area is 155 Å². The van der Waals surface area contributed by atoms with Gasteiger partial charge in [0.25, 0.3) is 5.91 Å². The first kappa shape index (κ1) is 19.1. The van der Waals surface area contributed by atoms with Crippen LogP contribution in [0.5, 0.6) is 5.75 Å². The minimum absolute atomic E-state index is 0.0629. The molecule has 1 amide bonds. The molecule has 0 aromatic heterocycles. The third kappa shape index (κ3) is 3.87. The molecule has 2 heterocycles. The summed E-state index contributed by atoms with van der Waals surface area (Å²) in [6, 6.07) is 4.70. The van der Waals surface area contributed by atoms with E-state index in [4.69, 9.17) is 4.74 Å². The van der Waals surface area contributed by atoms with Crippen LogP contribution >= 0.6 is 0 Å². The van der Waals surface area contributed by atoms with Crippen molar-refractivity contribution in [1.29, 1.82) is 0 Å². The van der Waals surface area contributed by atoms with Crippen molar-refractivity contribution in [3.63, 3.8) is 0 Å². The van der Waals surface area contributed by atoms with E-state index in [1.54, 1.807) is 12.1 Å². The lowest BCUT2D eigenvalue weighted by molar-refractivity contribution is 0.0914. The fourth-order valence-corrected chi connectivity index (χ4v) is 5.27. The molecule has 144 valence electrons. The molecule has 0 aliphatic carbocycles. The van der Waals surface area contributed by atoms with Crippen LogP contribution < -0.4 is 15.4 Å². The van der Waals surface area contributed by atoms with Crippen LogP contribution in [-0.2, 0) is 10.0 Å². The number of nitrogens with zero attached hydrogens (tertiary/aromatic N) is 1. The lowest BCUT2D eigenvalue weighted by Gasteiger charge is -2.30. The summed E-state index contributed by atoms with van der Waals surface area (Å²) in [7, 11) is -2.22. The predicted octanol–water partition coefficient (Wildman–Crippen LogP) is 1.21. The van der Waals surface area contributed by atoms with Crippen LogP contribution in [0.2, 0.25) is 0 Å². The average molecular weight is 381 g/mol. The van der Waals surface area contributed by atoms with Gasteiger partial charge in [0.15, 0.2) is 0 Å². The third-order valence-corrected chi connectivity index (χ3v) is 7.13. The highest BCUT2D eigenvalue weighted by Crippen LogP contribution is 2.30. The van der Waals surface area contributed by atoms with Gasteiger partial charge in [-0.2, -0.15) is 4.31 Å². The molecule has 2 atom stereocenters. The van der Waals surface area contributed by atoms with Crippen LogP contribution in [0.4, 0.5) is 0 Å².